The zero-order chi connectivity index (χ0) is 14.1. The number of aromatic nitrogens is 4. The van der Waals surface area contributed by atoms with Crippen molar-refractivity contribution in [2.24, 2.45) is 5.73 Å². The largest absolute Gasteiger partial charge is 0.361 e. The molecule has 2 aromatic heterocycles. The molecule has 0 radical (unpaired) electrons. The number of H-pyrrole nitrogens is 2. The van der Waals surface area contributed by atoms with E-state index in [4.69, 9.17) is 5.73 Å². The van der Waals surface area contributed by atoms with Gasteiger partial charge in [-0.1, -0.05) is 18.2 Å². The van der Waals surface area contributed by atoms with Gasteiger partial charge in [-0.25, -0.2) is 9.89 Å². The van der Waals surface area contributed by atoms with Crippen LogP contribution < -0.4 is 11.4 Å². The topological polar surface area (TPSA) is 92.5 Å². The van der Waals surface area contributed by atoms with Gasteiger partial charge in [0, 0.05) is 23.6 Å². The molecule has 0 saturated carbocycles. The first kappa shape index (κ1) is 12.7. The molecular weight excluding hydrogens is 254 g/mol. The van der Waals surface area contributed by atoms with Crippen LogP contribution in [0.1, 0.15) is 24.4 Å². The molecule has 2 heterocycles. The number of aromatic amines is 2. The van der Waals surface area contributed by atoms with Gasteiger partial charge in [0.1, 0.15) is 0 Å². The van der Waals surface area contributed by atoms with E-state index in [-0.39, 0.29) is 11.7 Å². The van der Waals surface area contributed by atoms with Gasteiger partial charge in [-0.2, -0.15) is 5.10 Å². The molecule has 0 bridgehead atoms. The number of nitrogens with zero attached hydrogens (tertiary/aromatic N) is 2. The van der Waals surface area contributed by atoms with Gasteiger partial charge in [-0.15, -0.1) is 0 Å². The molecule has 1 atom stereocenters. The summed E-state index contributed by atoms with van der Waals surface area (Å²) in [5.74, 6) is 0.600. The predicted molar refractivity (Wildman–Crippen MR) is 77.5 cm³/mol. The van der Waals surface area contributed by atoms with Crippen LogP contribution in [0.3, 0.4) is 0 Å². The van der Waals surface area contributed by atoms with Crippen LogP contribution in [-0.2, 0) is 13.0 Å². The fourth-order valence-corrected chi connectivity index (χ4v) is 2.55. The molecule has 0 aliphatic carbocycles. The summed E-state index contributed by atoms with van der Waals surface area (Å²) in [6.45, 7) is 2.46. The Morgan fingerprint density at radius 2 is 2.20 bits per heavy atom. The molecule has 0 spiro atoms. The highest BCUT2D eigenvalue weighted by Crippen LogP contribution is 2.22. The second-order valence-electron chi connectivity index (χ2n) is 4.80. The Bertz CT molecular complexity index is 782. The van der Waals surface area contributed by atoms with E-state index in [1.165, 1.54) is 0 Å². The Morgan fingerprint density at radius 1 is 1.40 bits per heavy atom. The van der Waals surface area contributed by atoms with E-state index in [0.717, 1.165) is 16.5 Å². The minimum Gasteiger partial charge on any atom is -0.361 e. The van der Waals surface area contributed by atoms with Crippen molar-refractivity contribution >= 4 is 10.9 Å². The quantitative estimate of drug-likeness (QED) is 0.668. The highest BCUT2D eigenvalue weighted by atomic mass is 16.1. The number of para-hydroxylation sites is 1. The first-order valence-electron chi connectivity index (χ1n) is 6.66. The standard InChI is InChI=1S/C14H17N5O/c1-2-19-13(17-18-14(19)20)11(15)7-9-8-16-12-6-4-3-5-10(9)12/h3-6,8,11,16H,2,7,15H2,1H3,(H,18,20)/t11-/m0/s1. The number of benzene rings is 1. The summed E-state index contributed by atoms with van der Waals surface area (Å²) in [5.41, 5.74) is 8.22. The van der Waals surface area contributed by atoms with E-state index < -0.39 is 0 Å². The molecule has 1 aromatic carbocycles. The molecule has 3 aromatic rings. The third-order valence-corrected chi connectivity index (χ3v) is 3.55. The summed E-state index contributed by atoms with van der Waals surface area (Å²) in [6, 6.07) is 7.77. The van der Waals surface area contributed by atoms with Gasteiger partial charge in [-0.3, -0.25) is 4.57 Å². The maximum absolute atomic E-state index is 11.6. The van der Waals surface area contributed by atoms with Crippen molar-refractivity contribution in [3.05, 3.63) is 52.3 Å². The minimum atomic E-state index is -0.312. The Kier molecular flexibility index (Phi) is 3.15. The molecule has 0 saturated heterocycles. The van der Waals surface area contributed by atoms with E-state index >= 15 is 0 Å². The fraction of sp³-hybridized carbons (Fsp3) is 0.286. The zero-order valence-electron chi connectivity index (χ0n) is 11.3. The van der Waals surface area contributed by atoms with Crippen LogP contribution in [0, 0.1) is 0 Å². The van der Waals surface area contributed by atoms with Gasteiger partial charge in [0.25, 0.3) is 0 Å². The van der Waals surface area contributed by atoms with Crippen LogP contribution in [0.4, 0.5) is 0 Å². The first-order valence-corrected chi connectivity index (χ1v) is 6.66. The highest BCUT2D eigenvalue weighted by molar-refractivity contribution is 5.83. The minimum absolute atomic E-state index is 0.211. The number of fused-ring (bicyclic) bond motifs is 1. The van der Waals surface area contributed by atoms with Crippen molar-refractivity contribution in [3.8, 4) is 0 Å². The summed E-state index contributed by atoms with van der Waals surface area (Å²) >= 11 is 0. The third kappa shape index (κ3) is 2.04. The summed E-state index contributed by atoms with van der Waals surface area (Å²) in [7, 11) is 0. The van der Waals surface area contributed by atoms with Crippen molar-refractivity contribution in [2.75, 3.05) is 0 Å². The van der Waals surface area contributed by atoms with Crippen molar-refractivity contribution in [1.82, 2.24) is 19.7 Å². The molecule has 20 heavy (non-hydrogen) atoms. The monoisotopic (exact) mass is 271 g/mol. The van der Waals surface area contributed by atoms with Crippen LogP contribution in [0.15, 0.2) is 35.3 Å². The number of nitrogens with one attached hydrogen (secondary N) is 2. The molecule has 3 rings (SSSR count). The molecule has 6 nitrogen and oxygen atoms in total. The fourth-order valence-electron chi connectivity index (χ4n) is 2.55. The van der Waals surface area contributed by atoms with Crippen LogP contribution >= 0.6 is 0 Å². The summed E-state index contributed by atoms with van der Waals surface area (Å²) in [4.78, 5) is 14.8. The second-order valence-corrected chi connectivity index (χ2v) is 4.80. The summed E-state index contributed by atoms with van der Waals surface area (Å²) in [6.07, 6.45) is 2.60. The Balaban J connectivity index is 1.92. The van der Waals surface area contributed by atoms with Gasteiger partial charge in [0.05, 0.1) is 6.04 Å². The number of hydrogen-bond acceptors (Lipinski definition) is 3. The Hall–Kier alpha value is -2.34. The number of nitrogens with two attached hydrogens (primary N) is 1. The first-order chi connectivity index (χ1) is 9.70. The lowest BCUT2D eigenvalue weighted by molar-refractivity contribution is 0.592. The molecule has 6 heteroatoms. The van der Waals surface area contributed by atoms with Gasteiger partial charge in [0.15, 0.2) is 5.82 Å². The summed E-state index contributed by atoms with van der Waals surface area (Å²) < 4.78 is 1.57. The maximum atomic E-state index is 11.6. The number of hydrogen-bond donors (Lipinski definition) is 3. The Morgan fingerprint density at radius 3 is 3.00 bits per heavy atom. The normalized spacial score (nSPS) is 12.9. The van der Waals surface area contributed by atoms with E-state index in [9.17, 15) is 4.79 Å². The lowest BCUT2D eigenvalue weighted by Crippen LogP contribution is -2.23. The van der Waals surface area contributed by atoms with Crippen LogP contribution in [-0.4, -0.2) is 19.7 Å². The molecule has 104 valence electrons. The molecule has 0 fully saturated rings. The van der Waals surface area contributed by atoms with Crippen molar-refractivity contribution in [2.45, 2.75) is 25.9 Å². The molecule has 4 N–H and O–H groups in total. The van der Waals surface area contributed by atoms with E-state index in [1.54, 1.807) is 4.57 Å². The predicted octanol–water partition coefficient (Wildman–Crippen LogP) is 1.32. The second kappa shape index (κ2) is 4.97. The molecule has 0 unspecified atom stereocenters. The van der Waals surface area contributed by atoms with Gasteiger partial charge >= 0.3 is 5.69 Å². The lowest BCUT2D eigenvalue weighted by atomic mass is 10.1. The molecule has 0 amide bonds. The zero-order valence-corrected chi connectivity index (χ0v) is 11.3. The van der Waals surface area contributed by atoms with Gasteiger partial charge in [-0.05, 0) is 25.0 Å². The number of rotatable bonds is 4. The smallest absolute Gasteiger partial charge is 0.343 e. The third-order valence-electron chi connectivity index (χ3n) is 3.55. The SMILES string of the molecule is CCn1c([C@@H](N)Cc2c[nH]c3ccccc23)n[nH]c1=O. The van der Waals surface area contributed by atoms with Gasteiger partial charge < -0.3 is 10.7 Å². The van der Waals surface area contributed by atoms with Crippen LogP contribution in [0.2, 0.25) is 0 Å². The average Bonchev–Trinajstić information content (AvgIpc) is 3.03. The van der Waals surface area contributed by atoms with Gasteiger partial charge in [0.2, 0.25) is 0 Å². The summed E-state index contributed by atoms with van der Waals surface area (Å²) in [5, 5.41) is 7.65. The van der Waals surface area contributed by atoms with Crippen LogP contribution in [0.25, 0.3) is 10.9 Å². The van der Waals surface area contributed by atoms with Crippen molar-refractivity contribution < 1.29 is 0 Å². The molecule has 0 aliphatic rings. The van der Waals surface area contributed by atoms with Crippen LogP contribution in [0.5, 0.6) is 0 Å². The van der Waals surface area contributed by atoms with E-state index in [0.29, 0.717) is 18.8 Å². The average molecular weight is 271 g/mol. The van der Waals surface area contributed by atoms with E-state index in [1.807, 2.05) is 31.3 Å². The lowest BCUT2D eigenvalue weighted by Gasteiger charge is -2.10. The maximum Gasteiger partial charge on any atom is 0.343 e. The highest BCUT2D eigenvalue weighted by Gasteiger charge is 2.17. The Labute approximate surface area is 115 Å². The molecular formula is C14H17N5O. The van der Waals surface area contributed by atoms with E-state index in [2.05, 4.69) is 21.2 Å². The van der Waals surface area contributed by atoms with Crippen molar-refractivity contribution in [3.63, 3.8) is 0 Å². The van der Waals surface area contributed by atoms with Crippen molar-refractivity contribution in [1.29, 1.82) is 0 Å². The molecule has 0 aliphatic heterocycles.